The molecule has 3 nitrogen and oxygen atoms in total. The molecule has 4 heteroatoms. The number of amides is 1. The summed E-state index contributed by atoms with van der Waals surface area (Å²) < 4.78 is 18.6. The third-order valence-corrected chi connectivity index (χ3v) is 4.11. The summed E-state index contributed by atoms with van der Waals surface area (Å²) in [5.74, 6) is 0.302. The van der Waals surface area contributed by atoms with Crippen molar-refractivity contribution in [2.45, 2.75) is 25.8 Å². The zero-order chi connectivity index (χ0) is 15.7. The maximum atomic E-state index is 13.4. The molecule has 0 spiro atoms. The minimum absolute atomic E-state index is 0.0802. The van der Waals surface area contributed by atoms with Crippen LogP contribution in [0.5, 0.6) is 5.75 Å². The fraction of sp³-hybridized carbons (Fsp3) is 0.278. The fourth-order valence-corrected chi connectivity index (χ4v) is 2.93. The molecule has 0 fully saturated rings. The molecule has 2 aromatic rings. The summed E-state index contributed by atoms with van der Waals surface area (Å²) in [5.41, 5.74) is 2.26. The highest BCUT2D eigenvalue weighted by atomic mass is 19.1. The molecule has 1 heterocycles. The molecule has 0 bridgehead atoms. The Morgan fingerprint density at radius 3 is 2.86 bits per heavy atom. The summed E-state index contributed by atoms with van der Waals surface area (Å²) in [6.07, 6.45) is 1.61. The second-order valence-corrected chi connectivity index (χ2v) is 5.57. The normalized spacial score (nSPS) is 17.0. The SMILES string of the molecule is COc1cccc(C(=O)N2c3ccc(F)cc3CC[C@@H]2C)c1. The van der Waals surface area contributed by atoms with Gasteiger partial charge in [-0.1, -0.05) is 6.07 Å². The van der Waals surface area contributed by atoms with E-state index in [4.69, 9.17) is 4.74 Å². The van der Waals surface area contributed by atoms with E-state index in [9.17, 15) is 9.18 Å². The Labute approximate surface area is 129 Å². The van der Waals surface area contributed by atoms with E-state index in [1.165, 1.54) is 12.1 Å². The Hall–Kier alpha value is -2.36. The van der Waals surface area contributed by atoms with Gasteiger partial charge < -0.3 is 9.64 Å². The van der Waals surface area contributed by atoms with Gasteiger partial charge in [0, 0.05) is 17.3 Å². The molecule has 2 aromatic carbocycles. The highest BCUT2D eigenvalue weighted by Crippen LogP contribution is 2.32. The number of nitrogens with zero attached hydrogens (tertiary/aromatic N) is 1. The lowest BCUT2D eigenvalue weighted by atomic mass is 9.95. The third kappa shape index (κ3) is 2.56. The number of hydrogen-bond acceptors (Lipinski definition) is 2. The van der Waals surface area contributed by atoms with E-state index >= 15 is 0 Å². The first-order valence-electron chi connectivity index (χ1n) is 7.36. The van der Waals surface area contributed by atoms with Crippen molar-refractivity contribution in [2.75, 3.05) is 12.0 Å². The molecule has 22 heavy (non-hydrogen) atoms. The first-order valence-corrected chi connectivity index (χ1v) is 7.36. The Morgan fingerprint density at radius 1 is 1.27 bits per heavy atom. The Morgan fingerprint density at radius 2 is 2.09 bits per heavy atom. The van der Waals surface area contributed by atoms with Gasteiger partial charge in [0.15, 0.2) is 0 Å². The predicted molar refractivity (Wildman–Crippen MR) is 84.0 cm³/mol. The molecule has 1 amide bonds. The molecule has 0 aromatic heterocycles. The highest BCUT2D eigenvalue weighted by Gasteiger charge is 2.29. The van der Waals surface area contributed by atoms with Gasteiger partial charge >= 0.3 is 0 Å². The smallest absolute Gasteiger partial charge is 0.258 e. The van der Waals surface area contributed by atoms with Gasteiger partial charge in [0.2, 0.25) is 0 Å². The maximum Gasteiger partial charge on any atom is 0.258 e. The zero-order valence-electron chi connectivity index (χ0n) is 12.7. The van der Waals surface area contributed by atoms with Gasteiger partial charge in [0.05, 0.1) is 7.11 Å². The van der Waals surface area contributed by atoms with Crippen LogP contribution in [0.4, 0.5) is 10.1 Å². The molecule has 0 unspecified atom stereocenters. The number of ether oxygens (including phenoxy) is 1. The van der Waals surface area contributed by atoms with Crippen molar-refractivity contribution >= 4 is 11.6 Å². The molecule has 114 valence electrons. The average Bonchev–Trinajstić information content (AvgIpc) is 2.54. The van der Waals surface area contributed by atoms with E-state index in [2.05, 4.69) is 0 Å². The van der Waals surface area contributed by atoms with Crippen LogP contribution in [0.1, 0.15) is 29.3 Å². The molecule has 1 atom stereocenters. The van der Waals surface area contributed by atoms with E-state index < -0.39 is 0 Å². The molecular formula is C18H18FNO2. The fourth-order valence-electron chi connectivity index (χ4n) is 2.93. The minimum atomic E-state index is -0.262. The summed E-state index contributed by atoms with van der Waals surface area (Å²) in [6.45, 7) is 2.02. The van der Waals surface area contributed by atoms with Crippen LogP contribution in [0.2, 0.25) is 0 Å². The van der Waals surface area contributed by atoms with Gasteiger partial charge in [-0.2, -0.15) is 0 Å². The molecule has 0 saturated carbocycles. The molecule has 1 aliphatic heterocycles. The van der Waals surface area contributed by atoms with E-state index in [1.807, 2.05) is 6.92 Å². The first-order chi connectivity index (χ1) is 10.6. The third-order valence-electron chi connectivity index (χ3n) is 4.11. The number of fused-ring (bicyclic) bond motifs is 1. The van der Waals surface area contributed by atoms with Crippen molar-refractivity contribution < 1.29 is 13.9 Å². The lowest BCUT2D eigenvalue weighted by molar-refractivity contribution is 0.0975. The summed E-state index contributed by atoms with van der Waals surface area (Å²) in [7, 11) is 1.57. The maximum absolute atomic E-state index is 13.4. The van der Waals surface area contributed by atoms with Crippen LogP contribution in [0.25, 0.3) is 0 Å². The van der Waals surface area contributed by atoms with Crippen molar-refractivity contribution in [2.24, 2.45) is 0 Å². The van der Waals surface area contributed by atoms with Gasteiger partial charge in [-0.05, 0) is 61.7 Å². The van der Waals surface area contributed by atoms with Crippen LogP contribution in [0.15, 0.2) is 42.5 Å². The second kappa shape index (κ2) is 5.79. The van der Waals surface area contributed by atoms with Crippen molar-refractivity contribution in [1.29, 1.82) is 0 Å². The van der Waals surface area contributed by atoms with Gasteiger partial charge in [-0.25, -0.2) is 4.39 Å². The minimum Gasteiger partial charge on any atom is -0.497 e. The number of methoxy groups -OCH3 is 1. The van der Waals surface area contributed by atoms with E-state index in [0.29, 0.717) is 11.3 Å². The van der Waals surface area contributed by atoms with Crippen LogP contribution in [0.3, 0.4) is 0 Å². The number of anilines is 1. The second-order valence-electron chi connectivity index (χ2n) is 5.57. The van der Waals surface area contributed by atoms with E-state index in [-0.39, 0.29) is 17.8 Å². The van der Waals surface area contributed by atoms with Crippen LogP contribution in [-0.2, 0) is 6.42 Å². The standard InChI is InChI=1S/C18H18FNO2/c1-12-6-7-13-10-15(19)8-9-17(13)20(12)18(21)14-4-3-5-16(11-14)22-2/h3-5,8-12H,6-7H2,1-2H3/t12-/m0/s1. The molecular weight excluding hydrogens is 281 g/mol. The summed E-state index contributed by atoms with van der Waals surface area (Å²) in [4.78, 5) is 14.7. The number of benzene rings is 2. The quantitative estimate of drug-likeness (QED) is 0.844. The molecule has 0 radical (unpaired) electrons. The molecule has 0 saturated heterocycles. The van der Waals surface area contributed by atoms with Crippen LogP contribution < -0.4 is 9.64 Å². The van der Waals surface area contributed by atoms with Gasteiger partial charge in [-0.15, -0.1) is 0 Å². The number of carbonyl (C=O) groups is 1. The summed E-state index contributed by atoms with van der Waals surface area (Å²) >= 11 is 0. The molecule has 0 N–H and O–H groups in total. The molecule has 3 rings (SSSR count). The molecule has 0 aliphatic carbocycles. The number of rotatable bonds is 2. The monoisotopic (exact) mass is 299 g/mol. The number of carbonyl (C=O) groups excluding carboxylic acids is 1. The van der Waals surface area contributed by atoms with Crippen molar-refractivity contribution in [3.8, 4) is 5.75 Å². The van der Waals surface area contributed by atoms with E-state index in [0.717, 1.165) is 24.1 Å². The Bertz CT molecular complexity index is 714. The van der Waals surface area contributed by atoms with Crippen molar-refractivity contribution in [3.63, 3.8) is 0 Å². The first kappa shape index (κ1) is 14.6. The Kier molecular flexibility index (Phi) is 3.84. The largest absolute Gasteiger partial charge is 0.497 e. The number of hydrogen-bond donors (Lipinski definition) is 0. The number of halogens is 1. The van der Waals surface area contributed by atoms with Crippen molar-refractivity contribution in [3.05, 3.63) is 59.4 Å². The van der Waals surface area contributed by atoms with Crippen LogP contribution >= 0.6 is 0 Å². The van der Waals surface area contributed by atoms with E-state index in [1.54, 1.807) is 42.3 Å². The van der Waals surface area contributed by atoms with Crippen LogP contribution in [-0.4, -0.2) is 19.1 Å². The summed E-state index contributed by atoms with van der Waals surface area (Å²) in [6, 6.07) is 11.8. The van der Waals surface area contributed by atoms with Gasteiger partial charge in [-0.3, -0.25) is 4.79 Å². The Balaban J connectivity index is 2.01. The average molecular weight is 299 g/mol. The highest BCUT2D eigenvalue weighted by molar-refractivity contribution is 6.07. The van der Waals surface area contributed by atoms with Crippen LogP contribution in [0, 0.1) is 5.82 Å². The zero-order valence-corrected chi connectivity index (χ0v) is 12.7. The lowest BCUT2D eigenvalue weighted by Gasteiger charge is -2.35. The van der Waals surface area contributed by atoms with Gasteiger partial charge in [0.1, 0.15) is 11.6 Å². The summed E-state index contributed by atoms with van der Waals surface area (Å²) in [5, 5.41) is 0. The molecule has 1 aliphatic rings. The topological polar surface area (TPSA) is 29.5 Å². The lowest BCUT2D eigenvalue weighted by Crippen LogP contribution is -2.42. The van der Waals surface area contributed by atoms with Crippen molar-refractivity contribution in [1.82, 2.24) is 0 Å². The predicted octanol–water partition coefficient (Wildman–Crippen LogP) is 3.82. The number of aryl methyl sites for hydroxylation is 1. The van der Waals surface area contributed by atoms with Gasteiger partial charge in [0.25, 0.3) is 5.91 Å².